The van der Waals surface area contributed by atoms with Crippen LogP contribution in [0.2, 0.25) is 0 Å². The number of amides is 1. The summed E-state index contributed by atoms with van der Waals surface area (Å²) in [4.78, 5) is 11.9. The van der Waals surface area contributed by atoms with E-state index in [1.54, 1.807) is 13.0 Å². The van der Waals surface area contributed by atoms with E-state index in [1.807, 2.05) is 0 Å². The summed E-state index contributed by atoms with van der Waals surface area (Å²) in [7, 11) is -3.59. The summed E-state index contributed by atoms with van der Waals surface area (Å²) in [6, 6.07) is 7.01. The van der Waals surface area contributed by atoms with E-state index in [0.29, 0.717) is 5.76 Å². The van der Waals surface area contributed by atoms with E-state index >= 15 is 0 Å². The zero-order valence-electron chi connectivity index (χ0n) is 12.6. The first-order valence-electron chi connectivity index (χ1n) is 6.73. The van der Waals surface area contributed by atoms with Gasteiger partial charge in [-0.15, -0.1) is 0 Å². The van der Waals surface area contributed by atoms with Crippen molar-refractivity contribution in [1.82, 2.24) is 10.5 Å². The Morgan fingerprint density at radius 1 is 1.39 bits per heavy atom. The summed E-state index contributed by atoms with van der Waals surface area (Å²) in [6.45, 7) is 1.58. The maximum Gasteiger partial charge on any atom is 0.254 e. The Bertz CT molecular complexity index is 804. The molecule has 0 fully saturated rings. The minimum atomic E-state index is -3.59. The van der Waals surface area contributed by atoms with Crippen LogP contribution in [0.4, 0.5) is 10.2 Å². The molecule has 2 aromatic rings. The van der Waals surface area contributed by atoms with Crippen LogP contribution in [-0.4, -0.2) is 38.8 Å². The number of carbonyl (C=O) groups is 1. The van der Waals surface area contributed by atoms with Gasteiger partial charge in [-0.05, 0) is 19.1 Å². The normalized spacial score (nSPS) is 11.3. The molecule has 0 saturated heterocycles. The molecule has 7 nitrogen and oxygen atoms in total. The van der Waals surface area contributed by atoms with E-state index in [2.05, 4.69) is 10.5 Å². The van der Waals surface area contributed by atoms with Gasteiger partial charge in [-0.25, -0.2) is 17.1 Å². The molecular formula is C14H16FN3O4S. The van der Waals surface area contributed by atoms with Crippen LogP contribution in [0.3, 0.4) is 0 Å². The predicted molar refractivity (Wildman–Crippen MR) is 82.2 cm³/mol. The molecule has 1 aromatic carbocycles. The molecule has 0 aliphatic rings. The Hall–Kier alpha value is -2.42. The highest BCUT2D eigenvalue weighted by molar-refractivity contribution is 7.92. The highest BCUT2D eigenvalue weighted by Crippen LogP contribution is 2.16. The van der Waals surface area contributed by atoms with Gasteiger partial charge in [0.1, 0.15) is 11.6 Å². The standard InChI is InChI=1S/C14H16FN3O4S/c1-10-9-13(17-22-10)18(23(2,20)21)8-7-16-14(19)11-5-3-4-6-12(11)15/h3-6,9H,7-8H2,1-2H3,(H,16,19). The number of halogens is 1. The first kappa shape index (κ1) is 16.9. The lowest BCUT2D eigenvalue weighted by molar-refractivity contribution is 0.0951. The fourth-order valence-corrected chi connectivity index (χ4v) is 2.78. The number of hydrogen-bond acceptors (Lipinski definition) is 5. The lowest BCUT2D eigenvalue weighted by Crippen LogP contribution is -2.38. The minimum Gasteiger partial charge on any atom is -0.360 e. The summed E-state index contributed by atoms with van der Waals surface area (Å²) in [5, 5.41) is 6.13. The van der Waals surface area contributed by atoms with E-state index in [1.165, 1.54) is 24.3 Å². The Morgan fingerprint density at radius 2 is 2.09 bits per heavy atom. The lowest BCUT2D eigenvalue weighted by Gasteiger charge is -2.19. The van der Waals surface area contributed by atoms with Gasteiger partial charge in [0.15, 0.2) is 5.82 Å². The molecule has 0 radical (unpaired) electrons. The quantitative estimate of drug-likeness (QED) is 0.855. The number of nitrogens with one attached hydrogen (secondary N) is 1. The third kappa shape index (κ3) is 4.28. The molecule has 0 aliphatic heterocycles. The highest BCUT2D eigenvalue weighted by atomic mass is 32.2. The zero-order chi connectivity index (χ0) is 17.0. The molecular weight excluding hydrogens is 325 g/mol. The SMILES string of the molecule is Cc1cc(N(CCNC(=O)c2ccccc2F)S(C)(=O)=O)no1. The minimum absolute atomic E-state index is 0.00779. The Morgan fingerprint density at radius 3 is 2.65 bits per heavy atom. The molecule has 9 heteroatoms. The molecule has 124 valence electrons. The Kier molecular flexibility index (Phi) is 4.99. The molecule has 0 bridgehead atoms. The van der Waals surface area contributed by atoms with Crippen LogP contribution in [0.1, 0.15) is 16.1 Å². The van der Waals surface area contributed by atoms with Gasteiger partial charge in [0, 0.05) is 12.6 Å². The number of rotatable bonds is 6. The maximum atomic E-state index is 13.5. The van der Waals surface area contributed by atoms with Gasteiger partial charge in [-0.1, -0.05) is 17.3 Å². The monoisotopic (exact) mass is 341 g/mol. The number of carbonyl (C=O) groups excluding carboxylic acids is 1. The zero-order valence-corrected chi connectivity index (χ0v) is 13.4. The number of nitrogens with zero attached hydrogens (tertiary/aromatic N) is 2. The molecule has 0 unspecified atom stereocenters. The Balaban J connectivity index is 2.03. The molecule has 1 aromatic heterocycles. The van der Waals surface area contributed by atoms with Crippen LogP contribution >= 0.6 is 0 Å². The van der Waals surface area contributed by atoms with Crippen molar-refractivity contribution in [1.29, 1.82) is 0 Å². The van der Waals surface area contributed by atoms with Crippen molar-refractivity contribution in [2.24, 2.45) is 0 Å². The average molecular weight is 341 g/mol. The number of sulfonamides is 1. The molecule has 0 saturated carbocycles. The smallest absolute Gasteiger partial charge is 0.254 e. The van der Waals surface area contributed by atoms with Crippen molar-refractivity contribution >= 4 is 21.7 Å². The molecule has 2 rings (SSSR count). The number of anilines is 1. The van der Waals surface area contributed by atoms with E-state index in [9.17, 15) is 17.6 Å². The fraction of sp³-hybridized carbons (Fsp3) is 0.286. The van der Waals surface area contributed by atoms with E-state index in [-0.39, 0.29) is 24.5 Å². The molecule has 1 amide bonds. The summed E-state index contributed by atoms with van der Waals surface area (Å²) in [5.41, 5.74) is -0.101. The average Bonchev–Trinajstić information content (AvgIpc) is 2.88. The van der Waals surface area contributed by atoms with Crippen LogP contribution in [0.5, 0.6) is 0 Å². The number of aryl methyl sites for hydroxylation is 1. The van der Waals surface area contributed by atoms with Gasteiger partial charge in [0.2, 0.25) is 10.0 Å². The molecule has 0 aliphatic carbocycles. The van der Waals surface area contributed by atoms with Crippen LogP contribution < -0.4 is 9.62 Å². The van der Waals surface area contributed by atoms with E-state index in [4.69, 9.17) is 4.52 Å². The van der Waals surface area contributed by atoms with Gasteiger partial charge < -0.3 is 9.84 Å². The van der Waals surface area contributed by atoms with Crippen molar-refractivity contribution in [3.63, 3.8) is 0 Å². The number of hydrogen-bond donors (Lipinski definition) is 1. The van der Waals surface area contributed by atoms with Gasteiger partial charge >= 0.3 is 0 Å². The topological polar surface area (TPSA) is 92.5 Å². The van der Waals surface area contributed by atoms with E-state index < -0.39 is 21.7 Å². The van der Waals surface area contributed by atoms with Gasteiger partial charge in [0.25, 0.3) is 5.91 Å². The second kappa shape index (κ2) is 6.78. The van der Waals surface area contributed by atoms with Crippen LogP contribution in [0.15, 0.2) is 34.9 Å². The van der Waals surface area contributed by atoms with Crippen molar-refractivity contribution in [2.75, 3.05) is 23.7 Å². The molecule has 0 atom stereocenters. The molecule has 0 spiro atoms. The summed E-state index contributed by atoms with van der Waals surface area (Å²) in [5.74, 6) is -0.667. The van der Waals surface area contributed by atoms with E-state index in [0.717, 1.165) is 10.6 Å². The van der Waals surface area contributed by atoms with Crippen molar-refractivity contribution in [3.05, 3.63) is 47.5 Å². The third-order valence-corrected chi connectivity index (χ3v) is 4.16. The van der Waals surface area contributed by atoms with Crippen molar-refractivity contribution < 1.29 is 22.1 Å². The van der Waals surface area contributed by atoms with Crippen molar-refractivity contribution in [3.8, 4) is 0 Å². The maximum absolute atomic E-state index is 13.5. The highest BCUT2D eigenvalue weighted by Gasteiger charge is 2.21. The molecule has 23 heavy (non-hydrogen) atoms. The second-order valence-electron chi connectivity index (χ2n) is 4.87. The predicted octanol–water partition coefficient (Wildman–Crippen LogP) is 1.32. The number of aromatic nitrogens is 1. The van der Waals surface area contributed by atoms with Gasteiger partial charge in [-0.2, -0.15) is 0 Å². The van der Waals surface area contributed by atoms with Crippen LogP contribution in [0, 0.1) is 12.7 Å². The first-order valence-corrected chi connectivity index (χ1v) is 8.57. The van der Waals surface area contributed by atoms with Crippen LogP contribution in [-0.2, 0) is 10.0 Å². The van der Waals surface area contributed by atoms with Gasteiger partial charge in [0.05, 0.1) is 18.4 Å². The van der Waals surface area contributed by atoms with Crippen molar-refractivity contribution in [2.45, 2.75) is 6.92 Å². The largest absolute Gasteiger partial charge is 0.360 e. The second-order valence-corrected chi connectivity index (χ2v) is 6.77. The van der Waals surface area contributed by atoms with Crippen LogP contribution in [0.25, 0.3) is 0 Å². The molecule has 1 heterocycles. The third-order valence-electron chi connectivity index (χ3n) is 2.99. The number of benzene rings is 1. The first-order chi connectivity index (χ1) is 10.8. The fourth-order valence-electron chi connectivity index (χ4n) is 1.93. The Labute approximate surface area is 133 Å². The lowest BCUT2D eigenvalue weighted by atomic mass is 10.2. The van der Waals surface area contributed by atoms with Gasteiger partial charge in [-0.3, -0.25) is 4.79 Å². The summed E-state index contributed by atoms with van der Waals surface area (Å²) >= 11 is 0. The molecule has 1 N–H and O–H groups in total. The summed E-state index contributed by atoms with van der Waals surface area (Å²) < 4.78 is 43.0. The summed E-state index contributed by atoms with van der Waals surface area (Å²) in [6.07, 6.45) is 1.02.